The highest BCUT2D eigenvalue weighted by atomic mass is 35.5. The summed E-state index contributed by atoms with van der Waals surface area (Å²) in [5.41, 5.74) is 4.70. The van der Waals surface area contributed by atoms with E-state index in [0.717, 1.165) is 22.2 Å². The van der Waals surface area contributed by atoms with E-state index in [0.29, 0.717) is 48.5 Å². The number of rotatable bonds is 4. The predicted octanol–water partition coefficient (Wildman–Crippen LogP) is 7.57. The van der Waals surface area contributed by atoms with Gasteiger partial charge in [-0.05, 0) is 55.7 Å². The number of aromatic nitrogens is 1. The Morgan fingerprint density at radius 2 is 1.94 bits per heavy atom. The number of amides is 1. The Bertz CT molecular complexity index is 1420. The Labute approximate surface area is 200 Å². The largest absolute Gasteiger partial charge is 0.312 e. The van der Waals surface area contributed by atoms with Crippen molar-refractivity contribution in [2.75, 3.05) is 5.32 Å². The lowest BCUT2D eigenvalue weighted by Gasteiger charge is -2.15. The Balaban J connectivity index is 1.90. The SMILES string of the molecule is CCc1c(C)sc(NC(=O)c2c(C)c(-c3ccc(Cl)cc3Cl)nc3ccccc23)c1C#N. The average Bonchev–Trinajstić information content (AvgIpc) is 3.07. The van der Waals surface area contributed by atoms with E-state index in [1.807, 2.05) is 45.0 Å². The summed E-state index contributed by atoms with van der Waals surface area (Å²) < 4.78 is 0. The number of carbonyl (C=O) groups is 1. The molecule has 7 heteroatoms. The molecule has 2 heterocycles. The molecule has 0 aliphatic rings. The third-order valence-corrected chi connectivity index (χ3v) is 7.06. The van der Waals surface area contributed by atoms with E-state index >= 15 is 0 Å². The van der Waals surface area contributed by atoms with E-state index in [9.17, 15) is 10.1 Å². The third kappa shape index (κ3) is 3.86. The summed E-state index contributed by atoms with van der Waals surface area (Å²) in [6.07, 6.45) is 0.734. The Morgan fingerprint density at radius 3 is 2.62 bits per heavy atom. The van der Waals surface area contributed by atoms with Crippen molar-refractivity contribution in [3.63, 3.8) is 0 Å². The zero-order valence-corrected chi connectivity index (χ0v) is 20.0. The number of nitriles is 1. The van der Waals surface area contributed by atoms with Crippen molar-refractivity contribution in [1.82, 2.24) is 4.98 Å². The first kappa shape index (κ1) is 22.3. The van der Waals surface area contributed by atoms with E-state index < -0.39 is 0 Å². The molecule has 32 heavy (non-hydrogen) atoms. The molecule has 0 unspecified atom stereocenters. The molecule has 0 saturated heterocycles. The molecule has 0 aliphatic heterocycles. The summed E-state index contributed by atoms with van der Waals surface area (Å²) in [7, 11) is 0. The summed E-state index contributed by atoms with van der Waals surface area (Å²) >= 11 is 14.0. The summed E-state index contributed by atoms with van der Waals surface area (Å²) in [6.45, 7) is 5.83. The van der Waals surface area contributed by atoms with Crippen molar-refractivity contribution in [2.45, 2.75) is 27.2 Å². The maximum Gasteiger partial charge on any atom is 0.257 e. The minimum atomic E-state index is -0.284. The topological polar surface area (TPSA) is 65.8 Å². The molecule has 4 aromatic rings. The van der Waals surface area contributed by atoms with Crippen LogP contribution in [0.1, 0.15) is 38.8 Å². The normalized spacial score (nSPS) is 10.9. The van der Waals surface area contributed by atoms with Gasteiger partial charge in [0.1, 0.15) is 11.1 Å². The van der Waals surface area contributed by atoms with Gasteiger partial charge in [-0.2, -0.15) is 5.26 Å². The molecule has 1 amide bonds. The van der Waals surface area contributed by atoms with Gasteiger partial charge in [-0.1, -0.05) is 48.3 Å². The second kappa shape index (κ2) is 8.91. The second-order valence-electron chi connectivity index (χ2n) is 7.36. The fraction of sp³-hybridized carbons (Fsp3) is 0.160. The van der Waals surface area contributed by atoms with Crippen LogP contribution in [0.4, 0.5) is 5.00 Å². The summed E-state index contributed by atoms with van der Waals surface area (Å²) in [6, 6.07) is 15.0. The Morgan fingerprint density at radius 1 is 1.19 bits per heavy atom. The van der Waals surface area contributed by atoms with E-state index in [1.54, 1.807) is 18.2 Å². The maximum absolute atomic E-state index is 13.6. The zero-order chi connectivity index (χ0) is 23.0. The lowest BCUT2D eigenvalue weighted by molar-refractivity contribution is 0.102. The third-order valence-electron chi connectivity index (χ3n) is 5.45. The van der Waals surface area contributed by atoms with Crippen molar-refractivity contribution >= 4 is 56.3 Å². The number of halogens is 2. The molecule has 0 saturated carbocycles. The highest BCUT2D eigenvalue weighted by molar-refractivity contribution is 7.16. The van der Waals surface area contributed by atoms with Gasteiger partial charge in [0.15, 0.2) is 0 Å². The van der Waals surface area contributed by atoms with Crippen LogP contribution in [0.25, 0.3) is 22.2 Å². The average molecular weight is 480 g/mol. The number of thiophene rings is 1. The molecule has 0 atom stereocenters. The molecule has 2 aromatic heterocycles. The van der Waals surface area contributed by atoms with E-state index in [-0.39, 0.29) is 5.91 Å². The zero-order valence-electron chi connectivity index (χ0n) is 17.7. The van der Waals surface area contributed by atoms with Gasteiger partial charge in [-0.3, -0.25) is 4.79 Å². The quantitative estimate of drug-likeness (QED) is 0.328. The van der Waals surface area contributed by atoms with Gasteiger partial charge in [0.2, 0.25) is 0 Å². The van der Waals surface area contributed by atoms with Gasteiger partial charge in [-0.25, -0.2) is 4.98 Å². The van der Waals surface area contributed by atoms with Gasteiger partial charge in [0.05, 0.1) is 27.4 Å². The van der Waals surface area contributed by atoms with Crippen molar-refractivity contribution in [3.8, 4) is 17.3 Å². The Kier molecular flexibility index (Phi) is 6.21. The van der Waals surface area contributed by atoms with Crippen LogP contribution in [0.2, 0.25) is 10.0 Å². The van der Waals surface area contributed by atoms with E-state index in [4.69, 9.17) is 28.2 Å². The molecule has 0 bridgehead atoms. The molecule has 0 aliphatic carbocycles. The molecule has 0 radical (unpaired) electrons. The van der Waals surface area contributed by atoms with Crippen molar-refractivity contribution in [1.29, 1.82) is 5.26 Å². The van der Waals surface area contributed by atoms with Gasteiger partial charge >= 0.3 is 0 Å². The molecule has 0 spiro atoms. The van der Waals surface area contributed by atoms with Crippen LogP contribution >= 0.6 is 34.5 Å². The highest BCUT2D eigenvalue weighted by Crippen LogP contribution is 2.37. The summed E-state index contributed by atoms with van der Waals surface area (Å²) in [5.74, 6) is -0.284. The van der Waals surface area contributed by atoms with Crippen LogP contribution in [-0.4, -0.2) is 10.9 Å². The van der Waals surface area contributed by atoms with Crippen molar-refractivity contribution < 1.29 is 4.79 Å². The van der Waals surface area contributed by atoms with Gasteiger partial charge in [-0.15, -0.1) is 11.3 Å². The van der Waals surface area contributed by atoms with E-state index in [1.165, 1.54) is 11.3 Å². The van der Waals surface area contributed by atoms with Crippen molar-refractivity contribution in [3.05, 3.63) is 79.6 Å². The molecular formula is C25H19Cl2N3OS. The van der Waals surface area contributed by atoms with Gasteiger partial charge < -0.3 is 5.32 Å². The first-order chi connectivity index (χ1) is 15.3. The number of benzene rings is 2. The molecule has 1 N–H and O–H groups in total. The van der Waals surface area contributed by atoms with Gasteiger partial charge in [0, 0.05) is 20.8 Å². The number of hydrogen-bond donors (Lipinski definition) is 1. The number of nitrogens with zero attached hydrogens (tertiary/aromatic N) is 2. The second-order valence-corrected chi connectivity index (χ2v) is 9.43. The predicted molar refractivity (Wildman–Crippen MR) is 133 cm³/mol. The number of nitrogens with one attached hydrogen (secondary N) is 1. The lowest BCUT2D eigenvalue weighted by atomic mass is 9.97. The fourth-order valence-electron chi connectivity index (χ4n) is 3.92. The van der Waals surface area contributed by atoms with Crippen LogP contribution in [0.5, 0.6) is 0 Å². The number of aryl methyl sites for hydroxylation is 1. The highest BCUT2D eigenvalue weighted by Gasteiger charge is 2.23. The summed E-state index contributed by atoms with van der Waals surface area (Å²) in [5, 5.41) is 14.9. The minimum absolute atomic E-state index is 0.284. The number of para-hydroxylation sites is 1. The Hall–Kier alpha value is -2.91. The van der Waals surface area contributed by atoms with Crippen molar-refractivity contribution in [2.24, 2.45) is 0 Å². The number of fused-ring (bicyclic) bond motifs is 1. The first-order valence-corrected chi connectivity index (χ1v) is 11.6. The maximum atomic E-state index is 13.6. The number of pyridine rings is 1. The molecule has 4 rings (SSSR count). The van der Waals surface area contributed by atoms with Crippen LogP contribution in [0.15, 0.2) is 42.5 Å². The van der Waals surface area contributed by atoms with Gasteiger partial charge in [0.25, 0.3) is 5.91 Å². The molecule has 0 fully saturated rings. The molecule has 160 valence electrons. The van der Waals surface area contributed by atoms with Crippen LogP contribution < -0.4 is 5.32 Å². The smallest absolute Gasteiger partial charge is 0.257 e. The number of anilines is 1. The van der Waals surface area contributed by atoms with Crippen LogP contribution in [0.3, 0.4) is 0 Å². The fourth-order valence-corrected chi connectivity index (χ4v) is 5.51. The standard InChI is InChI=1S/C25H19Cl2N3OS/c1-4-16-14(3)32-25(19(16)12-28)30-24(31)22-13(2)23(17-10-9-15(26)11-20(17)27)29-21-8-6-5-7-18(21)22/h5-11H,4H2,1-3H3,(H,30,31). The molecular weight excluding hydrogens is 461 g/mol. The summed E-state index contributed by atoms with van der Waals surface area (Å²) in [4.78, 5) is 19.4. The minimum Gasteiger partial charge on any atom is -0.312 e. The molecule has 2 aromatic carbocycles. The number of carbonyl (C=O) groups excluding carboxylic acids is 1. The molecule has 4 nitrogen and oxygen atoms in total. The monoisotopic (exact) mass is 479 g/mol. The van der Waals surface area contributed by atoms with Crippen LogP contribution in [0, 0.1) is 25.2 Å². The lowest BCUT2D eigenvalue weighted by Crippen LogP contribution is -2.15. The van der Waals surface area contributed by atoms with Crippen LogP contribution in [-0.2, 0) is 6.42 Å². The first-order valence-electron chi connectivity index (χ1n) is 10.0. The van der Waals surface area contributed by atoms with E-state index in [2.05, 4.69) is 11.4 Å². The number of hydrogen-bond acceptors (Lipinski definition) is 4.